The monoisotopic (exact) mass is 438 g/mol. The number of hydroxylamine groups is 1. The van der Waals surface area contributed by atoms with Crippen molar-refractivity contribution in [3.63, 3.8) is 0 Å². The van der Waals surface area contributed by atoms with Crippen LogP contribution in [0.4, 0.5) is 24.5 Å². The Kier molecular flexibility index (Phi) is 4.74. The van der Waals surface area contributed by atoms with Crippen molar-refractivity contribution in [1.82, 2.24) is 0 Å². The van der Waals surface area contributed by atoms with Crippen LogP contribution in [0.2, 0.25) is 0 Å². The van der Waals surface area contributed by atoms with Gasteiger partial charge in [-0.3, -0.25) is 14.4 Å². The lowest BCUT2D eigenvalue weighted by Crippen LogP contribution is -2.37. The van der Waals surface area contributed by atoms with E-state index in [2.05, 4.69) is 0 Å². The number of alkyl halides is 3. The van der Waals surface area contributed by atoms with Crippen LogP contribution < -0.4 is 9.96 Å². The van der Waals surface area contributed by atoms with Crippen molar-refractivity contribution in [2.45, 2.75) is 18.3 Å². The minimum atomic E-state index is -4.59. The fourth-order valence-corrected chi connectivity index (χ4v) is 4.28. The Balaban J connectivity index is 1.56. The van der Waals surface area contributed by atoms with E-state index in [-0.39, 0.29) is 5.69 Å². The van der Waals surface area contributed by atoms with Crippen LogP contribution in [0.5, 0.6) is 0 Å². The minimum absolute atomic E-state index is 0.120. The van der Waals surface area contributed by atoms with Crippen molar-refractivity contribution in [3.8, 4) is 0 Å². The highest BCUT2D eigenvalue weighted by Crippen LogP contribution is 2.47. The van der Waals surface area contributed by atoms with Crippen LogP contribution in [0.3, 0.4) is 0 Å². The molecule has 2 amide bonds. The summed E-state index contributed by atoms with van der Waals surface area (Å²) in [5.41, 5.74) is 0.378. The second-order valence-corrected chi connectivity index (χ2v) is 7.63. The molecule has 0 bridgehead atoms. The molecule has 0 aromatic heterocycles. The third kappa shape index (κ3) is 3.23. The lowest BCUT2D eigenvalue weighted by Gasteiger charge is -2.28. The molecule has 0 radical (unpaired) electrons. The summed E-state index contributed by atoms with van der Waals surface area (Å²) in [6.07, 6.45) is -5.73. The van der Waals surface area contributed by atoms with Gasteiger partial charge in [0.25, 0.3) is 5.91 Å². The quantitative estimate of drug-likeness (QED) is 0.554. The fourth-order valence-electron chi connectivity index (χ4n) is 4.28. The van der Waals surface area contributed by atoms with Crippen LogP contribution in [0, 0.1) is 5.92 Å². The zero-order valence-electron chi connectivity index (χ0n) is 16.6. The molecule has 5 rings (SSSR count). The van der Waals surface area contributed by atoms with E-state index in [1.165, 1.54) is 12.1 Å². The Bertz CT molecular complexity index is 1170. The van der Waals surface area contributed by atoms with Gasteiger partial charge in [-0.2, -0.15) is 13.2 Å². The van der Waals surface area contributed by atoms with E-state index in [9.17, 15) is 22.8 Å². The summed E-state index contributed by atoms with van der Waals surface area (Å²) >= 11 is 0. The summed E-state index contributed by atoms with van der Waals surface area (Å²) in [5, 5.41) is 1.55. The molecule has 2 heterocycles. The number of anilines is 2. The number of nitrogens with zero attached hydrogens (tertiary/aromatic N) is 2. The summed E-state index contributed by atoms with van der Waals surface area (Å²) in [6, 6.07) is 21.8. The van der Waals surface area contributed by atoms with Crippen LogP contribution in [0.1, 0.15) is 17.2 Å². The Labute approximate surface area is 181 Å². The minimum Gasteiger partial charge on any atom is -0.273 e. The summed E-state index contributed by atoms with van der Waals surface area (Å²) in [4.78, 5) is 33.4. The topological polar surface area (TPSA) is 49.9 Å². The maximum atomic E-state index is 13.4. The van der Waals surface area contributed by atoms with Crippen LogP contribution in [-0.4, -0.2) is 17.9 Å². The molecular formula is C24H17F3N2O3. The number of carbonyl (C=O) groups is 2. The Morgan fingerprint density at radius 2 is 1.38 bits per heavy atom. The molecule has 3 aromatic rings. The summed E-state index contributed by atoms with van der Waals surface area (Å²) in [5.74, 6) is -2.18. The van der Waals surface area contributed by atoms with Gasteiger partial charge in [0.05, 0.1) is 23.0 Å². The molecule has 2 aliphatic heterocycles. The van der Waals surface area contributed by atoms with Crippen molar-refractivity contribution >= 4 is 23.2 Å². The zero-order valence-corrected chi connectivity index (χ0v) is 16.6. The summed E-state index contributed by atoms with van der Waals surface area (Å²) in [7, 11) is 0. The molecule has 32 heavy (non-hydrogen) atoms. The highest BCUT2D eigenvalue weighted by molar-refractivity contribution is 6.24. The lowest BCUT2D eigenvalue weighted by molar-refractivity contribution is -0.137. The van der Waals surface area contributed by atoms with E-state index in [0.29, 0.717) is 5.69 Å². The third-order valence-corrected chi connectivity index (χ3v) is 5.70. The molecule has 3 atom stereocenters. The number of benzene rings is 3. The van der Waals surface area contributed by atoms with Gasteiger partial charge in [-0.05, 0) is 35.9 Å². The molecule has 8 heteroatoms. The first-order chi connectivity index (χ1) is 15.4. The highest BCUT2D eigenvalue weighted by atomic mass is 19.4. The van der Waals surface area contributed by atoms with Gasteiger partial charge in [0.15, 0.2) is 6.10 Å². The predicted octanol–water partition coefficient (Wildman–Crippen LogP) is 4.76. The Morgan fingerprint density at radius 1 is 0.750 bits per heavy atom. The van der Waals surface area contributed by atoms with Gasteiger partial charge < -0.3 is 0 Å². The van der Waals surface area contributed by atoms with Crippen molar-refractivity contribution in [2.75, 3.05) is 9.96 Å². The van der Waals surface area contributed by atoms with E-state index in [1.54, 1.807) is 17.2 Å². The fraction of sp³-hybridized carbons (Fsp3) is 0.167. The van der Waals surface area contributed by atoms with Gasteiger partial charge in [0.2, 0.25) is 5.91 Å². The molecule has 0 unspecified atom stereocenters. The number of halogens is 3. The van der Waals surface area contributed by atoms with Crippen molar-refractivity contribution in [3.05, 3.63) is 96.1 Å². The highest BCUT2D eigenvalue weighted by Gasteiger charge is 2.60. The van der Waals surface area contributed by atoms with Crippen LogP contribution in [-0.2, 0) is 20.6 Å². The second kappa shape index (κ2) is 7.49. The van der Waals surface area contributed by atoms with Crippen LogP contribution in [0.25, 0.3) is 0 Å². The van der Waals surface area contributed by atoms with E-state index in [4.69, 9.17) is 4.84 Å². The zero-order chi connectivity index (χ0) is 22.5. The average Bonchev–Trinajstić information content (AvgIpc) is 3.30. The first-order valence-electron chi connectivity index (χ1n) is 9.97. The first-order valence-corrected chi connectivity index (χ1v) is 9.97. The number of fused-ring (bicyclic) bond motifs is 1. The normalized spacial score (nSPS) is 23.0. The molecule has 0 spiro atoms. The van der Waals surface area contributed by atoms with Gasteiger partial charge >= 0.3 is 6.18 Å². The maximum Gasteiger partial charge on any atom is 0.416 e. The summed E-state index contributed by atoms with van der Waals surface area (Å²) < 4.78 is 39.5. The first kappa shape index (κ1) is 20.3. The van der Waals surface area contributed by atoms with Crippen molar-refractivity contribution < 1.29 is 27.6 Å². The maximum absolute atomic E-state index is 13.4. The van der Waals surface area contributed by atoms with E-state index in [1.807, 2.05) is 48.5 Å². The molecule has 162 valence electrons. The largest absolute Gasteiger partial charge is 0.416 e. The van der Waals surface area contributed by atoms with E-state index in [0.717, 1.165) is 22.6 Å². The van der Waals surface area contributed by atoms with Gasteiger partial charge in [-0.25, -0.2) is 9.96 Å². The molecule has 2 saturated heterocycles. The molecule has 0 saturated carbocycles. The lowest BCUT2D eigenvalue weighted by atomic mass is 9.90. The number of rotatable bonds is 3. The SMILES string of the molecule is O=C1[C@H]2[C@@H](c3ccccc3)N(c3ccccc3)O[C@H]2C(=O)N1c1cccc(C(F)(F)F)c1. The molecular weight excluding hydrogens is 421 g/mol. The van der Waals surface area contributed by atoms with Gasteiger partial charge in [0.1, 0.15) is 5.92 Å². The number of imide groups is 1. The smallest absolute Gasteiger partial charge is 0.273 e. The number of hydrogen-bond donors (Lipinski definition) is 0. The number of carbonyl (C=O) groups excluding carboxylic acids is 2. The average molecular weight is 438 g/mol. The van der Waals surface area contributed by atoms with Crippen LogP contribution >= 0.6 is 0 Å². The van der Waals surface area contributed by atoms with E-state index >= 15 is 0 Å². The predicted molar refractivity (Wildman–Crippen MR) is 110 cm³/mol. The number of para-hydroxylation sites is 1. The Morgan fingerprint density at radius 3 is 2.03 bits per heavy atom. The van der Waals surface area contributed by atoms with Crippen LogP contribution in [0.15, 0.2) is 84.9 Å². The van der Waals surface area contributed by atoms with E-state index < -0.39 is 41.6 Å². The standard InChI is InChI=1S/C24H17F3N2O3/c25-24(26,27)16-10-7-13-18(14-16)28-22(30)19-20(15-8-3-1-4-9-15)29(32-21(19)23(28)31)17-11-5-2-6-12-17/h1-14,19-21H/t19-,20+,21+/m0/s1. The number of hydrogen-bond acceptors (Lipinski definition) is 4. The summed E-state index contributed by atoms with van der Waals surface area (Å²) in [6.45, 7) is 0. The number of amides is 2. The molecule has 0 N–H and O–H groups in total. The molecule has 2 aliphatic rings. The molecule has 0 aliphatic carbocycles. The molecule has 2 fully saturated rings. The molecule has 3 aromatic carbocycles. The van der Waals surface area contributed by atoms with Gasteiger partial charge in [0, 0.05) is 0 Å². The second-order valence-electron chi connectivity index (χ2n) is 7.63. The van der Waals surface area contributed by atoms with Crippen molar-refractivity contribution in [2.24, 2.45) is 5.92 Å². The molecule has 5 nitrogen and oxygen atoms in total. The van der Waals surface area contributed by atoms with Gasteiger partial charge in [-0.15, -0.1) is 0 Å². The van der Waals surface area contributed by atoms with Gasteiger partial charge in [-0.1, -0.05) is 54.6 Å². The third-order valence-electron chi connectivity index (χ3n) is 5.70. The van der Waals surface area contributed by atoms with Crippen molar-refractivity contribution in [1.29, 1.82) is 0 Å². The Hall–Kier alpha value is -3.65.